The maximum atomic E-state index is 13.4. The van der Waals surface area contributed by atoms with E-state index >= 15 is 0 Å². The first-order valence-electron chi connectivity index (χ1n) is 4.83. The largest absolute Gasteiger partial charge is 0.477 e. The second-order valence-corrected chi connectivity index (χ2v) is 4.23. The molecule has 0 saturated heterocycles. The van der Waals surface area contributed by atoms with Crippen LogP contribution in [0.15, 0.2) is 18.2 Å². The van der Waals surface area contributed by atoms with Crippen molar-refractivity contribution in [2.45, 2.75) is 24.7 Å². The van der Waals surface area contributed by atoms with Gasteiger partial charge >= 0.3 is 11.9 Å². The predicted molar refractivity (Wildman–Crippen MR) is 55.1 cm³/mol. The van der Waals surface area contributed by atoms with Crippen LogP contribution in [0.1, 0.15) is 23.5 Å². The normalized spacial score (nSPS) is 19.6. The minimum absolute atomic E-state index is 0.123. The number of hydrogen-bond donors (Lipinski definition) is 1. The van der Waals surface area contributed by atoms with E-state index < -0.39 is 17.8 Å². The molecule has 1 aliphatic rings. The fourth-order valence-electron chi connectivity index (χ4n) is 2.14. The summed E-state index contributed by atoms with van der Waals surface area (Å²) < 4.78 is 26.8. The highest BCUT2D eigenvalue weighted by atomic mass is 35.5. The number of halogens is 3. The summed E-state index contributed by atoms with van der Waals surface area (Å²) in [6.45, 7) is 0. The molecule has 0 aromatic heterocycles. The highest BCUT2D eigenvalue weighted by Crippen LogP contribution is 2.45. The number of carboxylic acid groups (broad SMARTS) is 1. The zero-order valence-corrected chi connectivity index (χ0v) is 8.97. The fraction of sp³-hybridized carbons (Fsp3) is 0.364. The van der Waals surface area contributed by atoms with Gasteiger partial charge in [0.2, 0.25) is 0 Å². The molecule has 0 spiro atoms. The highest BCUT2D eigenvalue weighted by molar-refractivity contribution is 6.31. The molecule has 0 amide bonds. The van der Waals surface area contributed by atoms with Crippen molar-refractivity contribution in [1.29, 1.82) is 0 Å². The first kappa shape index (κ1) is 11.3. The van der Waals surface area contributed by atoms with Gasteiger partial charge in [0.05, 0.1) is 5.92 Å². The number of carbonyl (C=O) groups is 1. The van der Waals surface area contributed by atoms with Crippen molar-refractivity contribution in [2.75, 3.05) is 0 Å². The zero-order valence-electron chi connectivity index (χ0n) is 8.21. The highest BCUT2D eigenvalue weighted by Gasteiger charge is 2.50. The number of aliphatic carboxylic acids is 1. The molecule has 1 atom stereocenters. The van der Waals surface area contributed by atoms with E-state index in [2.05, 4.69) is 0 Å². The summed E-state index contributed by atoms with van der Waals surface area (Å²) in [6.07, 6.45) is 0.529. The second kappa shape index (κ2) is 3.70. The van der Waals surface area contributed by atoms with Gasteiger partial charge in [-0.1, -0.05) is 23.7 Å². The van der Waals surface area contributed by atoms with Crippen molar-refractivity contribution in [2.24, 2.45) is 0 Å². The summed E-state index contributed by atoms with van der Waals surface area (Å²) in [6, 6.07) is 4.72. The summed E-state index contributed by atoms with van der Waals surface area (Å²) >= 11 is 5.87. The minimum Gasteiger partial charge on any atom is -0.477 e. The topological polar surface area (TPSA) is 37.3 Å². The predicted octanol–water partition coefficient (Wildman–Crippen LogP) is 3.09. The average molecular weight is 247 g/mol. The van der Waals surface area contributed by atoms with Crippen LogP contribution in [0.2, 0.25) is 5.02 Å². The Morgan fingerprint density at radius 2 is 2.19 bits per heavy atom. The Morgan fingerprint density at radius 1 is 1.50 bits per heavy atom. The third kappa shape index (κ3) is 1.57. The van der Waals surface area contributed by atoms with Crippen LogP contribution in [-0.2, 0) is 11.2 Å². The molecule has 5 heteroatoms. The Hall–Kier alpha value is -1.16. The smallest absolute Gasteiger partial charge is 0.375 e. The van der Waals surface area contributed by atoms with Crippen LogP contribution in [0.4, 0.5) is 8.78 Å². The Labute approximate surface area is 95.8 Å². The van der Waals surface area contributed by atoms with Gasteiger partial charge in [-0.2, -0.15) is 8.78 Å². The van der Waals surface area contributed by atoms with Gasteiger partial charge < -0.3 is 5.11 Å². The molecular weight excluding hydrogens is 238 g/mol. The SMILES string of the molecule is O=C(O)C(F)(F)C1CCc2c(Cl)cccc21. The Morgan fingerprint density at radius 3 is 2.81 bits per heavy atom. The van der Waals surface area contributed by atoms with Gasteiger partial charge in [-0.25, -0.2) is 4.79 Å². The van der Waals surface area contributed by atoms with E-state index in [1.807, 2.05) is 0 Å². The molecule has 0 saturated carbocycles. The number of carboxylic acids is 1. The summed E-state index contributed by atoms with van der Waals surface area (Å²) in [5.74, 6) is -7.07. The molecule has 2 rings (SSSR count). The molecule has 0 bridgehead atoms. The molecule has 1 unspecified atom stereocenters. The van der Waals surface area contributed by atoms with E-state index in [1.165, 1.54) is 6.07 Å². The van der Waals surface area contributed by atoms with Crippen LogP contribution in [0.25, 0.3) is 0 Å². The Balaban J connectivity index is 2.45. The Bertz CT molecular complexity index is 446. The number of benzene rings is 1. The molecule has 16 heavy (non-hydrogen) atoms. The van der Waals surface area contributed by atoms with Crippen molar-refractivity contribution < 1.29 is 18.7 Å². The van der Waals surface area contributed by atoms with Crippen molar-refractivity contribution in [3.05, 3.63) is 34.3 Å². The second-order valence-electron chi connectivity index (χ2n) is 3.83. The number of rotatable bonds is 2. The van der Waals surface area contributed by atoms with Crippen molar-refractivity contribution >= 4 is 17.6 Å². The first-order valence-corrected chi connectivity index (χ1v) is 5.21. The summed E-state index contributed by atoms with van der Waals surface area (Å²) in [4.78, 5) is 10.5. The van der Waals surface area contributed by atoms with Gasteiger partial charge in [0.1, 0.15) is 0 Å². The van der Waals surface area contributed by atoms with E-state index in [1.54, 1.807) is 12.1 Å². The number of hydrogen-bond acceptors (Lipinski definition) is 1. The third-order valence-electron chi connectivity index (χ3n) is 2.94. The fourth-order valence-corrected chi connectivity index (χ4v) is 2.41. The van der Waals surface area contributed by atoms with Crippen molar-refractivity contribution in [3.63, 3.8) is 0 Å². The quantitative estimate of drug-likeness (QED) is 0.871. The number of fused-ring (bicyclic) bond motifs is 1. The van der Waals surface area contributed by atoms with Gasteiger partial charge in [0.15, 0.2) is 0 Å². The standard InChI is InChI=1S/C11H9ClF2O2/c12-9-3-1-2-6-7(9)4-5-8(6)11(13,14)10(15)16/h1-3,8H,4-5H2,(H,15,16). The maximum absolute atomic E-state index is 13.4. The molecule has 0 fully saturated rings. The lowest BCUT2D eigenvalue weighted by atomic mass is 9.94. The van der Waals surface area contributed by atoms with Crippen LogP contribution in [0.3, 0.4) is 0 Å². The summed E-state index contributed by atoms with van der Waals surface area (Å²) in [7, 11) is 0. The molecule has 0 aliphatic heterocycles. The molecule has 1 N–H and O–H groups in total. The van der Waals surface area contributed by atoms with Crippen LogP contribution in [0.5, 0.6) is 0 Å². The lowest BCUT2D eigenvalue weighted by molar-refractivity contribution is -0.168. The van der Waals surface area contributed by atoms with Gasteiger partial charge in [0, 0.05) is 5.02 Å². The van der Waals surface area contributed by atoms with Gasteiger partial charge in [-0.3, -0.25) is 0 Å². The monoisotopic (exact) mass is 246 g/mol. The third-order valence-corrected chi connectivity index (χ3v) is 3.29. The van der Waals surface area contributed by atoms with Crippen molar-refractivity contribution in [3.8, 4) is 0 Å². The summed E-state index contributed by atoms with van der Waals surface area (Å²) in [5, 5.41) is 8.95. The summed E-state index contributed by atoms with van der Waals surface area (Å²) in [5.41, 5.74) is 1.01. The maximum Gasteiger partial charge on any atom is 0.375 e. The van der Waals surface area contributed by atoms with Crippen LogP contribution in [0, 0.1) is 0 Å². The van der Waals surface area contributed by atoms with E-state index in [9.17, 15) is 13.6 Å². The van der Waals surface area contributed by atoms with E-state index in [0.717, 1.165) is 0 Å². The molecule has 1 aromatic rings. The Kier molecular flexibility index (Phi) is 2.62. The molecule has 1 aliphatic carbocycles. The molecule has 1 aromatic carbocycles. The van der Waals surface area contributed by atoms with E-state index in [-0.39, 0.29) is 6.42 Å². The van der Waals surface area contributed by atoms with Crippen LogP contribution in [-0.4, -0.2) is 17.0 Å². The molecule has 86 valence electrons. The lowest BCUT2D eigenvalue weighted by Crippen LogP contribution is -2.34. The van der Waals surface area contributed by atoms with Crippen LogP contribution >= 0.6 is 11.6 Å². The number of alkyl halides is 2. The van der Waals surface area contributed by atoms with Gasteiger partial charge in [-0.15, -0.1) is 0 Å². The van der Waals surface area contributed by atoms with Gasteiger partial charge in [0.25, 0.3) is 0 Å². The molecular formula is C11H9ClF2O2. The van der Waals surface area contributed by atoms with E-state index in [4.69, 9.17) is 16.7 Å². The zero-order chi connectivity index (χ0) is 11.9. The van der Waals surface area contributed by atoms with Crippen molar-refractivity contribution in [1.82, 2.24) is 0 Å². The minimum atomic E-state index is -3.73. The lowest BCUT2D eigenvalue weighted by Gasteiger charge is -2.19. The first-order chi connectivity index (χ1) is 7.44. The van der Waals surface area contributed by atoms with Gasteiger partial charge in [-0.05, 0) is 30.0 Å². The molecule has 2 nitrogen and oxygen atoms in total. The van der Waals surface area contributed by atoms with Crippen LogP contribution < -0.4 is 0 Å². The average Bonchev–Trinajstić information content (AvgIpc) is 2.63. The molecule has 0 radical (unpaired) electrons. The van der Waals surface area contributed by atoms with E-state index in [0.29, 0.717) is 22.6 Å². The molecule has 0 heterocycles.